The summed E-state index contributed by atoms with van der Waals surface area (Å²) in [6.45, 7) is -0.321. The minimum absolute atomic E-state index is 0.321. The molecule has 22 heavy (non-hydrogen) atoms. The highest BCUT2D eigenvalue weighted by molar-refractivity contribution is 5.73. The molecule has 114 valence electrons. The van der Waals surface area contributed by atoms with E-state index in [-0.39, 0.29) is 6.67 Å². The highest BCUT2D eigenvalue weighted by Crippen LogP contribution is 2.27. The van der Waals surface area contributed by atoms with Crippen molar-refractivity contribution in [3.8, 4) is 0 Å². The van der Waals surface area contributed by atoms with E-state index in [9.17, 15) is 22.0 Å². The van der Waals surface area contributed by atoms with Crippen LogP contribution in [-0.2, 0) is 6.67 Å². The molecular weight excluding hydrogens is 307 g/mol. The molecule has 0 fully saturated rings. The summed E-state index contributed by atoms with van der Waals surface area (Å²) < 4.78 is 67.4. The summed E-state index contributed by atoms with van der Waals surface area (Å²) in [6.07, 6.45) is 0. The van der Waals surface area contributed by atoms with E-state index in [0.29, 0.717) is 11.0 Å². The van der Waals surface area contributed by atoms with E-state index in [1.807, 2.05) is 0 Å². The van der Waals surface area contributed by atoms with Crippen molar-refractivity contribution in [3.63, 3.8) is 0 Å². The second-order valence-corrected chi connectivity index (χ2v) is 4.36. The Labute approximate surface area is 120 Å². The summed E-state index contributed by atoms with van der Waals surface area (Å²) in [5, 5.41) is 9.68. The quantitative estimate of drug-likeness (QED) is 0.459. The second kappa shape index (κ2) is 5.24. The largest absolute Gasteiger partial charge is 0.361 e. The van der Waals surface area contributed by atoms with Gasteiger partial charge in [0.05, 0.1) is 5.52 Å². The van der Waals surface area contributed by atoms with Crippen molar-refractivity contribution in [3.05, 3.63) is 53.4 Å². The van der Waals surface area contributed by atoms with Gasteiger partial charge in [0.25, 0.3) is 0 Å². The molecule has 0 amide bonds. The highest BCUT2D eigenvalue weighted by Gasteiger charge is 2.25. The molecule has 2 aromatic carbocycles. The lowest BCUT2D eigenvalue weighted by atomic mass is 10.2. The van der Waals surface area contributed by atoms with E-state index in [2.05, 4.69) is 15.6 Å². The molecule has 0 aliphatic heterocycles. The van der Waals surface area contributed by atoms with Crippen LogP contribution in [0.2, 0.25) is 0 Å². The molecule has 1 N–H and O–H groups in total. The Bertz CT molecular complexity index is 832. The third-order valence-electron chi connectivity index (χ3n) is 3.04. The number of fused-ring (bicyclic) bond motifs is 1. The predicted octanol–water partition coefficient (Wildman–Crippen LogP) is 3.20. The number of hydrogen-bond acceptors (Lipinski definition) is 3. The number of halogens is 5. The van der Waals surface area contributed by atoms with Crippen LogP contribution in [0.1, 0.15) is 0 Å². The van der Waals surface area contributed by atoms with Crippen molar-refractivity contribution >= 4 is 16.7 Å². The van der Waals surface area contributed by atoms with Gasteiger partial charge in [0.15, 0.2) is 23.3 Å². The van der Waals surface area contributed by atoms with Crippen molar-refractivity contribution in [1.29, 1.82) is 0 Å². The first-order chi connectivity index (χ1) is 10.5. The van der Waals surface area contributed by atoms with Crippen molar-refractivity contribution in [1.82, 2.24) is 15.0 Å². The second-order valence-electron chi connectivity index (χ2n) is 4.36. The molecule has 9 heteroatoms. The fraction of sp³-hybridized carbons (Fsp3) is 0.0769. The molecule has 1 heterocycles. The first kappa shape index (κ1) is 14.2. The monoisotopic (exact) mass is 314 g/mol. The zero-order chi connectivity index (χ0) is 15.9. The van der Waals surface area contributed by atoms with Gasteiger partial charge in [-0.15, -0.1) is 5.10 Å². The molecule has 0 saturated carbocycles. The lowest BCUT2D eigenvalue weighted by Crippen LogP contribution is -2.14. The summed E-state index contributed by atoms with van der Waals surface area (Å²) in [5.74, 6) is -10.1. The normalized spacial score (nSPS) is 11.1. The fourth-order valence-electron chi connectivity index (χ4n) is 1.95. The molecule has 0 aliphatic carbocycles. The van der Waals surface area contributed by atoms with E-state index < -0.39 is 34.8 Å². The lowest BCUT2D eigenvalue weighted by molar-refractivity contribution is 0.380. The third-order valence-corrected chi connectivity index (χ3v) is 3.04. The Morgan fingerprint density at radius 2 is 1.45 bits per heavy atom. The van der Waals surface area contributed by atoms with E-state index in [0.717, 1.165) is 0 Å². The maximum atomic E-state index is 13.5. The van der Waals surface area contributed by atoms with Gasteiger partial charge in [-0.05, 0) is 12.1 Å². The van der Waals surface area contributed by atoms with Gasteiger partial charge in [0, 0.05) is 0 Å². The molecule has 1 aromatic heterocycles. The minimum atomic E-state index is -2.20. The third kappa shape index (κ3) is 2.14. The standard InChI is InChI=1S/C13H7F5N4/c14-8-9(15)11(17)13(12(18)10(8)16)19-5-22-7-4-2-1-3-6(7)20-21-22/h1-4,19H,5H2. The van der Waals surface area contributed by atoms with Crippen molar-refractivity contribution < 1.29 is 22.0 Å². The Kier molecular flexibility index (Phi) is 3.39. The first-order valence-corrected chi connectivity index (χ1v) is 6.04. The van der Waals surface area contributed by atoms with Crippen LogP contribution in [0, 0.1) is 29.1 Å². The van der Waals surface area contributed by atoms with Gasteiger partial charge in [-0.25, -0.2) is 26.6 Å². The Hall–Kier alpha value is -2.71. The molecule has 0 radical (unpaired) electrons. The number of hydrogen-bond donors (Lipinski definition) is 1. The maximum Gasteiger partial charge on any atom is 0.200 e. The summed E-state index contributed by atoms with van der Waals surface area (Å²) >= 11 is 0. The van der Waals surface area contributed by atoms with Crippen molar-refractivity contribution in [2.75, 3.05) is 5.32 Å². The SMILES string of the molecule is Fc1c(F)c(F)c(NCn2nnc3ccccc32)c(F)c1F. The van der Waals surface area contributed by atoms with Crippen LogP contribution >= 0.6 is 0 Å². The number of para-hydroxylation sites is 1. The molecule has 0 aliphatic rings. The summed E-state index contributed by atoms with van der Waals surface area (Å²) in [4.78, 5) is 0. The molecule has 0 saturated heterocycles. The number of anilines is 1. The van der Waals surface area contributed by atoms with Crippen LogP contribution < -0.4 is 5.32 Å². The van der Waals surface area contributed by atoms with E-state index in [1.165, 1.54) is 4.68 Å². The number of nitrogens with one attached hydrogen (secondary N) is 1. The summed E-state index contributed by atoms with van der Waals surface area (Å²) in [7, 11) is 0. The minimum Gasteiger partial charge on any atom is -0.361 e. The molecule has 0 spiro atoms. The van der Waals surface area contributed by atoms with Gasteiger partial charge in [0.2, 0.25) is 5.82 Å². The van der Waals surface area contributed by atoms with Crippen LogP contribution in [0.4, 0.5) is 27.6 Å². The van der Waals surface area contributed by atoms with E-state index in [1.54, 1.807) is 24.3 Å². The van der Waals surface area contributed by atoms with Gasteiger partial charge in [-0.2, -0.15) is 0 Å². The average Bonchev–Trinajstić information content (AvgIpc) is 2.94. The molecule has 0 atom stereocenters. The lowest BCUT2D eigenvalue weighted by Gasteiger charge is -2.11. The van der Waals surface area contributed by atoms with Crippen LogP contribution in [0.5, 0.6) is 0 Å². The molecule has 4 nitrogen and oxygen atoms in total. The van der Waals surface area contributed by atoms with Gasteiger partial charge >= 0.3 is 0 Å². The number of aromatic nitrogens is 3. The van der Waals surface area contributed by atoms with Gasteiger partial charge < -0.3 is 5.32 Å². The first-order valence-electron chi connectivity index (χ1n) is 6.04. The number of nitrogens with zero attached hydrogens (tertiary/aromatic N) is 3. The van der Waals surface area contributed by atoms with Gasteiger partial charge in [-0.1, -0.05) is 17.3 Å². The van der Waals surface area contributed by atoms with Crippen molar-refractivity contribution in [2.24, 2.45) is 0 Å². The zero-order valence-corrected chi connectivity index (χ0v) is 10.7. The van der Waals surface area contributed by atoms with Crippen molar-refractivity contribution in [2.45, 2.75) is 6.67 Å². The average molecular weight is 314 g/mol. The fourth-order valence-corrected chi connectivity index (χ4v) is 1.95. The topological polar surface area (TPSA) is 42.7 Å². The summed E-state index contributed by atoms with van der Waals surface area (Å²) in [5.41, 5.74) is -0.0448. The van der Waals surface area contributed by atoms with E-state index >= 15 is 0 Å². The Morgan fingerprint density at radius 3 is 2.14 bits per heavy atom. The molecule has 0 unspecified atom stereocenters. The van der Waals surface area contributed by atoms with Crippen LogP contribution in [0.3, 0.4) is 0 Å². The summed E-state index contributed by atoms with van der Waals surface area (Å²) in [6, 6.07) is 6.73. The number of benzene rings is 2. The maximum absolute atomic E-state index is 13.5. The smallest absolute Gasteiger partial charge is 0.200 e. The van der Waals surface area contributed by atoms with Crippen LogP contribution in [0.25, 0.3) is 11.0 Å². The Balaban J connectivity index is 1.95. The molecule has 0 bridgehead atoms. The Morgan fingerprint density at radius 1 is 0.864 bits per heavy atom. The highest BCUT2D eigenvalue weighted by atomic mass is 19.2. The molecule has 3 rings (SSSR count). The van der Waals surface area contributed by atoms with Crippen LogP contribution in [-0.4, -0.2) is 15.0 Å². The van der Waals surface area contributed by atoms with Gasteiger partial charge in [-0.3, -0.25) is 0 Å². The zero-order valence-electron chi connectivity index (χ0n) is 10.7. The van der Waals surface area contributed by atoms with Crippen LogP contribution in [0.15, 0.2) is 24.3 Å². The van der Waals surface area contributed by atoms with E-state index in [4.69, 9.17) is 0 Å². The predicted molar refractivity (Wildman–Crippen MR) is 67.4 cm³/mol. The molecule has 3 aromatic rings. The number of rotatable bonds is 3. The molecular formula is C13H7F5N4. The van der Waals surface area contributed by atoms with Gasteiger partial charge in [0.1, 0.15) is 17.9 Å².